The number of likely N-dealkylation sites (tertiary alicyclic amines) is 4. The van der Waals surface area contributed by atoms with Gasteiger partial charge in [0.1, 0.15) is 51.2 Å². The highest BCUT2D eigenvalue weighted by Crippen LogP contribution is 2.43. The molecule has 8 fully saturated rings. The monoisotopic (exact) mass is 2180 g/mol. The molecule has 14 unspecified atom stereocenters. The van der Waals surface area contributed by atoms with Crippen molar-refractivity contribution in [3.63, 3.8) is 0 Å². The molecule has 42 heteroatoms. The van der Waals surface area contributed by atoms with E-state index in [0.717, 1.165) is 277 Å². The lowest BCUT2D eigenvalue weighted by Gasteiger charge is -2.43. The maximum absolute atomic E-state index is 14.7. The van der Waals surface area contributed by atoms with Gasteiger partial charge in [-0.25, -0.2) is 76.5 Å². The second-order valence-corrected chi connectivity index (χ2v) is 46.4. The number of piperidine rings is 4. The summed E-state index contributed by atoms with van der Waals surface area (Å²) >= 11 is 43.8. The number of hydrogen-bond donors (Lipinski definition) is 4. The van der Waals surface area contributed by atoms with Crippen molar-refractivity contribution >= 4 is 177 Å². The van der Waals surface area contributed by atoms with Gasteiger partial charge >= 0.3 is 17.9 Å². The molecular weight excluding hydrogens is 2050 g/mol. The molecule has 4 aromatic carbocycles. The van der Waals surface area contributed by atoms with Crippen LogP contribution in [0.5, 0.6) is 0 Å². The van der Waals surface area contributed by atoms with Gasteiger partial charge in [0.05, 0.1) is 77.5 Å². The summed E-state index contributed by atoms with van der Waals surface area (Å²) in [6.45, 7) is 32.9. The van der Waals surface area contributed by atoms with E-state index in [-0.39, 0.29) is 61.0 Å². The number of carboxylic acid groups (broad SMARTS) is 3. The summed E-state index contributed by atoms with van der Waals surface area (Å²) in [4.78, 5) is 91.7. The first-order chi connectivity index (χ1) is 70.8. The van der Waals surface area contributed by atoms with Crippen molar-refractivity contribution in [1.29, 1.82) is 0 Å². The zero-order valence-electron chi connectivity index (χ0n) is 85.9. The third-order valence-electron chi connectivity index (χ3n) is 31.9. The van der Waals surface area contributed by atoms with E-state index in [1.165, 1.54) is 6.07 Å². The van der Waals surface area contributed by atoms with E-state index in [2.05, 4.69) is 78.9 Å². The van der Waals surface area contributed by atoms with Crippen molar-refractivity contribution in [3.8, 4) is 0 Å². The van der Waals surface area contributed by atoms with Crippen molar-refractivity contribution in [2.75, 3.05) is 97.3 Å². The molecule has 0 radical (unpaired) electrons. The van der Waals surface area contributed by atoms with Crippen LogP contribution in [0.2, 0.25) is 35.2 Å². The summed E-state index contributed by atoms with van der Waals surface area (Å²) in [7, 11) is -3.44. The summed E-state index contributed by atoms with van der Waals surface area (Å²) in [5.74, 6) is 1.72. The Labute approximate surface area is 899 Å². The Morgan fingerprint density at radius 1 is 0.399 bits per heavy atom. The molecule has 14 atom stereocenters. The molecule has 12 aromatic rings. The molecule has 8 aliphatic rings. The van der Waals surface area contributed by atoms with Gasteiger partial charge in [0.2, 0.25) is 10.0 Å². The van der Waals surface area contributed by atoms with E-state index < -0.39 is 27.9 Å². The van der Waals surface area contributed by atoms with Gasteiger partial charge in [-0.2, -0.15) is 20.4 Å². The fraction of sp³-hybridized carbons (Fsp3) is 0.557. The van der Waals surface area contributed by atoms with Crippen molar-refractivity contribution < 1.29 is 42.5 Å². The number of benzene rings is 4. The number of carbonyl (C=O) groups is 3. The molecule has 0 amide bonds. The Morgan fingerprint density at radius 2 is 0.709 bits per heavy atom. The highest BCUT2D eigenvalue weighted by Gasteiger charge is 2.43. The third kappa shape index (κ3) is 25.0. The summed E-state index contributed by atoms with van der Waals surface area (Å²) in [5.41, 5.74) is 12.5. The smallest absolute Gasteiger partial charge is 0.303 e. The van der Waals surface area contributed by atoms with E-state index in [1.54, 1.807) is 35.0 Å². The first-order valence-corrected chi connectivity index (χ1v) is 56.5. The van der Waals surface area contributed by atoms with Gasteiger partial charge in [-0.15, -0.1) is 0 Å². The average molecular weight is 2190 g/mol. The largest absolute Gasteiger partial charge is 0.481 e. The molecular formula is C106H135Cl7FN25O8S. The van der Waals surface area contributed by atoms with Crippen LogP contribution >= 0.6 is 81.2 Å². The number of rotatable bonds is 28. The molecule has 0 bridgehead atoms. The highest BCUT2D eigenvalue weighted by atomic mass is 35.5. The minimum Gasteiger partial charge on any atom is -0.481 e. The number of hydrogen-bond acceptors (Lipinski definition) is 25. The van der Waals surface area contributed by atoms with Gasteiger partial charge in [-0.1, -0.05) is 119 Å². The molecule has 8 saturated heterocycles. The van der Waals surface area contributed by atoms with E-state index in [1.807, 2.05) is 117 Å². The molecule has 148 heavy (non-hydrogen) atoms. The van der Waals surface area contributed by atoms with Crippen molar-refractivity contribution in [2.45, 2.75) is 290 Å². The number of halogens is 8. The molecule has 20 rings (SSSR count). The lowest BCUT2D eigenvalue weighted by Crippen LogP contribution is -2.52. The first kappa shape index (κ1) is 110. The maximum atomic E-state index is 14.7. The number of aryl methyl sites for hydroxylation is 4. The molecule has 16 heterocycles. The molecule has 794 valence electrons. The number of aliphatic carboxylic acids is 3. The number of primary sulfonamides is 1. The van der Waals surface area contributed by atoms with Crippen LogP contribution in [-0.4, -0.2) is 272 Å². The van der Waals surface area contributed by atoms with Gasteiger partial charge in [-0.05, 0) is 281 Å². The average Bonchev–Trinajstić information content (AvgIpc) is 1.62. The van der Waals surface area contributed by atoms with Crippen LogP contribution in [0.3, 0.4) is 0 Å². The Kier molecular flexibility index (Phi) is 35.4. The normalized spacial score (nSPS) is 22.9. The fourth-order valence-corrected chi connectivity index (χ4v) is 26.7. The number of fused-ring (bicyclic) bond motifs is 4. The zero-order valence-corrected chi connectivity index (χ0v) is 92.0. The number of anilines is 4. The minimum atomic E-state index is -3.44. The number of sulfonamides is 1. The molecule has 0 aliphatic carbocycles. The van der Waals surface area contributed by atoms with Gasteiger partial charge in [0.15, 0.2) is 22.6 Å². The molecule has 33 nitrogen and oxygen atoms in total. The summed E-state index contributed by atoms with van der Waals surface area (Å²) in [5, 5.41) is 55.5. The van der Waals surface area contributed by atoms with Gasteiger partial charge < -0.3 is 34.9 Å². The van der Waals surface area contributed by atoms with Crippen molar-refractivity contribution in [2.24, 2.45) is 17.0 Å². The van der Waals surface area contributed by atoms with Crippen LogP contribution in [0.15, 0.2) is 97.6 Å². The molecule has 0 spiro atoms. The Balaban J connectivity index is 0.000000135. The minimum absolute atomic E-state index is 0.0454. The van der Waals surface area contributed by atoms with Crippen LogP contribution < -0.4 is 24.7 Å². The number of aromatic nitrogens is 16. The van der Waals surface area contributed by atoms with Crippen LogP contribution in [0.1, 0.15) is 253 Å². The highest BCUT2D eigenvalue weighted by molar-refractivity contribution is 7.89. The molecule has 0 saturated carbocycles. The fourth-order valence-electron chi connectivity index (χ4n) is 24.3. The van der Waals surface area contributed by atoms with E-state index in [0.29, 0.717) is 118 Å². The second kappa shape index (κ2) is 47.7. The molecule has 8 aromatic heterocycles. The van der Waals surface area contributed by atoms with E-state index in [9.17, 15) is 27.2 Å². The van der Waals surface area contributed by atoms with E-state index >= 15 is 0 Å². The first-order valence-electron chi connectivity index (χ1n) is 52.2. The Bertz CT molecular complexity index is 6900. The van der Waals surface area contributed by atoms with Gasteiger partial charge in [0, 0.05) is 160 Å². The number of carboxylic acids is 3. The predicted octanol–water partition coefficient (Wildman–Crippen LogP) is 20.6. The van der Waals surface area contributed by atoms with Crippen LogP contribution in [0, 0.1) is 45.3 Å². The van der Waals surface area contributed by atoms with Crippen molar-refractivity contribution in [1.82, 2.24) is 98.6 Å². The summed E-state index contributed by atoms with van der Waals surface area (Å²) in [6, 6.07) is 24.0. The van der Waals surface area contributed by atoms with Crippen LogP contribution in [0.4, 0.5) is 27.7 Å². The van der Waals surface area contributed by atoms with E-state index in [4.69, 9.17) is 157 Å². The summed E-state index contributed by atoms with van der Waals surface area (Å²) in [6.07, 6.45) is 25.9. The Hall–Kier alpha value is -9.60. The molecule has 8 aliphatic heterocycles. The lowest BCUT2D eigenvalue weighted by molar-refractivity contribution is -0.138. The van der Waals surface area contributed by atoms with Crippen LogP contribution in [-0.2, 0) is 24.4 Å². The van der Waals surface area contributed by atoms with Gasteiger partial charge in [0.25, 0.3) is 0 Å². The molecule has 5 N–H and O–H groups in total. The predicted molar refractivity (Wildman–Crippen MR) is 583 cm³/mol. The maximum Gasteiger partial charge on any atom is 0.303 e. The standard InChI is InChI=1S/C27H34Cl2N6O2.C27H34ClFN6O2.C26H35Cl2N7O2S.C26H32Cl2N6O2/c1-16-13-21(34-11-4-5-20(34)7-9-25(36)37)10-12-33(16)24-15-30-26-17(2)32-35(27(26)31-24)18(3)22-8-6-19(28)14-23(22)29;1-16-15-33(12-10-23(16)34-11-4-5-20(34)7-9-25(36)37)24-14-30-26-17(2)32-35(27(26)31-24)18(3)21-8-6-19(28)13-22(21)29;1-16-15-33(11-8-23(16)34-10-4-5-20(34)9-12-38(29,36)37)24-14-30-25-17(2)32-35(26(25)31-24)18(3)21-7-6-19(27)13-22(21)28;1-16-25-26(34(31-16)17(2)21-7-5-18(27)14-22(21)28)30-23(15-29-25)32-12-9-20(10-13-32)33-11-3-4-19(33)6-8-24(35)36/h6,8,14-16,18,20-21H,4-5,7,9-13H2,1-3H3,(H,36,37);6,8,13-14,16,18,20,23H,4-5,7,9-12,15H2,1-3H3,(H,36,37);6-7,13-14,16,18,20,23H,4-5,8-12,15H2,1-3H3,(H2,29,36,37);5,7,14-15,17,19-20H,3-4,6,8-13H2,1-2H3,(H,35,36). The third-order valence-corrected chi connectivity index (χ3v) is 34.7. The Morgan fingerprint density at radius 3 is 1.06 bits per heavy atom. The van der Waals surface area contributed by atoms with Gasteiger partial charge in [-0.3, -0.25) is 34.0 Å². The lowest BCUT2D eigenvalue weighted by atomic mass is 9.91. The number of nitrogens with two attached hydrogens (primary N) is 1. The summed E-state index contributed by atoms with van der Waals surface area (Å²) < 4.78 is 45.2. The number of nitrogens with zero attached hydrogens (tertiary/aromatic N) is 24. The zero-order chi connectivity index (χ0) is 105. The SMILES string of the molecule is Cc1nn(C(C)c2ccc(Cl)cc2Cl)c2nc(N3CCC(N4CCCC4CCC(=O)O)CC3)cnc12.Cc1nn(C(C)c2ccc(Cl)cc2Cl)c2nc(N3CCC(N4CCCC4CCC(=O)O)CC3C)cnc12.Cc1nn(C(C)c2ccc(Cl)cc2Cl)c2nc(N3CCC(N4CCCC4CCS(N)(=O)=O)C(C)C3)cnc12.Cc1nn(C(C)c2ccc(Cl)cc2F)c2nc(N3CCC(N4CCCC4CCC(=O)O)C(C)C3)cnc12. The van der Waals surface area contributed by atoms with Crippen LogP contribution in [0.25, 0.3) is 44.7 Å². The topological polar surface area (TPSA) is 372 Å². The quantitative estimate of drug-likeness (QED) is 0.0354. The van der Waals surface area contributed by atoms with Crippen molar-refractivity contribution in [3.05, 3.63) is 184 Å². The second-order valence-electron chi connectivity index (χ2n) is 41.7.